The summed E-state index contributed by atoms with van der Waals surface area (Å²) in [4.78, 5) is 12.2. The fourth-order valence-electron chi connectivity index (χ4n) is 3.89. The van der Waals surface area contributed by atoms with Crippen LogP contribution in [0.2, 0.25) is 19.6 Å². The standard InChI is InChI=1S/C21H40O16Si/c1-38(2,3)19(33)16(30)13(27)10(24)7(23)5-34-20-18(32)15(29)12(26)9(37-20)6-35-21-17(31)14(28)11(25)8(4-22)36-21/h7-18,20-32H,4-6H2,1-3H3/t7-,8-,9-,10-,11-,12-,13+,14+,15+,16-,17-,18-,20+,21+/m1/s1. The Hall–Kier alpha value is -0.713. The molecule has 0 aliphatic carbocycles. The van der Waals surface area contributed by atoms with Gasteiger partial charge < -0.3 is 79.9 Å². The van der Waals surface area contributed by atoms with Crippen molar-refractivity contribution in [2.45, 2.75) is 105 Å². The number of aliphatic hydroxyl groups is 11. The van der Waals surface area contributed by atoms with Gasteiger partial charge in [0.1, 0.15) is 86.7 Å². The summed E-state index contributed by atoms with van der Waals surface area (Å²) < 4.78 is 21.0. The molecule has 0 radical (unpaired) electrons. The predicted octanol–water partition coefficient (Wildman–Crippen LogP) is -6.48. The van der Waals surface area contributed by atoms with Crippen LogP contribution in [0, 0.1) is 0 Å². The van der Waals surface area contributed by atoms with E-state index in [1.54, 1.807) is 19.6 Å². The molecule has 2 aliphatic rings. The van der Waals surface area contributed by atoms with E-state index in [2.05, 4.69) is 0 Å². The van der Waals surface area contributed by atoms with E-state index in [4.69, 9.17) is 18.9 Å². The van der Waals surface area contributed by atoms with E-state index in [1.807, 2.05) is 0 Å². The monoisotopic (exact) mass is 576 g/mol. The van der Waals surface area contributed by atoms with Crippen LogP contribution in [-0.4, -0.2) is 175 Å². The van der Waals surface area contributed by atoms with Gasteiger partial charge in [-0.2, -0.15) is 0 Å². The van der Waals surface area contributed by atoms with Gasteiger partial charge >= 0.3 is 0 Å². The van der Waals surface area contributed by atoms with Crippen molar-refractivity contribution in [3.05, 3.63) is 0 Å². The lowest BCUT2D eigenvalue weighted by Gasteiger charge is -2.42. The van der Waals surface area contributed by atoms with Crippen molar-refractivity contribution in [3.63, 3.8) is 0 Å². The molecule has 0 amide bonds. The van der Waals surface area contributed by atoms with Crippen molar-refractivity contribution in [2.75, 3.05) is 19.8 Å². The van der Waals surface area contributed by atoms with Crippen LogP contribution in [0.15, 0.2) is 0 Å². The van der Waals surface area contributed by atoms with Crippen molar-refractivity contribution < 1.29 is 79.9 Å². The summed E-state index contributed by atoms with van der Waals surface area (Å²) >= 11 is 0. The van der Waals surface area contributed by atoms with Crippen LogP contribution in [0.5, 0.6) is 0 Å². The number of hydrogen-bond acceptors (Lipinski definition) is 16. The third kappa shape index (κ3) is 7.72. The second-order valence-electron chi connectivity index (χ2n) is 10.5. The maximum Gasteiger partial charge on any atom is 0.186 e. The molecule has 11 N–H and O–H groups in total. The molecule has 0 unspecified atom stereocenters. The summed E-state index contributed by atoms with van der Waals surface area (Å²) in [7, 11) is -2.53. The Bertz CT molecular complexity index is 751. The molecule has 16 nitrogen and oxygen atoms in total. The van der Waals surface area contributed by atoms with Gasteiger partial charge in [0, 0.05) is 0 Å². The van der Waals surface area contributed by atoms with E-state index < -0.39 is 119 Å². The normalized spacial score (nSPS) is 39.8. The molecule has 38 heavy (non-hydrogen) atoms. The summed E-state index contributed by atoms with van der Waals surface area (Å²) in [6.07, 6.45) is -24.4. The third-order valence-corrected chi connectivity index (χ3v) is 8.22. The highest BCUT2D eigenvalue weighted by molar-refractivity contribution is 7.04. The lowest BCUT2D eigenvalue weighted by molar-refractivity contribution is -0.333. The molecule has 0 spiro atoms. The number of carbonyl (C=O) groups excluding carboxylic acids is 1. The quantitative estimate of drug-likeness (QED) is 0.0963. The Labute approximate surface area is 219 Å². The Morgan fingerprint density at radius 3 is 1.71 bits per heavy atom. The van der Waals surface area contributed by atoms with E-state index in [9.17, 15) is 61.0 Å². The van der Waals surface area contributed by atoms with E-state index in [-0.39, 0.29) is 0 Å². The smallest absolute Gasteiger partial charge is 0.186 e. The Balaban J connectivity index is 1.97. The number of aliphatic hydroxyl groups excluding tert-OH is 11. The van der Waals surface area contributed by atoms with Crippen LogP contribution in [0.25, 0.3) is 0 Å². The van der Waals surface area contributed by atoms with Gasteiger partial charge in [-0.15, -0.1) is 0 Å². The van der Waals surface area contributed by atoms with Gasteiger partial charge in [-0.25, -0.2) is 0 Å². The second-order valence-corrected chi connectivity index (χ2v) is 15.5. The first kappa shape index (κ1) is 33.5. The lowest BCUT2D eigenvalue weighted by atomic mass is 9.98. The van der Waals surface area contributed by atoms with Gasteiger partial charge in [-0.3, -0.25) is 0 Å². The molecule has 0 bridgehead atoms. The molecule has 0 aromatic heterocycles. The highest BCUT2D eigenvalue weighted by Gasteiger charge is 2.48. The summed E-state index contributed by atoms with van der Waals surface area (Å²) in [6, 6.07) is 0. The van der Waals surface area contributed by atoms with E-state index in [1.165, 1.54) is 0 Å². The Morgan fingerprint density at radius 2 is 1.21 bits per heavy atom. The third-order valence-electron chi connectivity index (χ3n) is 6.45. The van der Waals surface area contributed by atoms with Gasteiger partial charge in [0.25, 0.3) is 0 Å². The first-order valence-corrected chi connectivity index (χ1v) is 15.5. The van der Waals surface area contributed by atoms with E-state index in [0.717, 1.165) is 0 Å². The molecule has 2 fully saturated rings. The van der Waals surface area contributed by atoms with E-state index >= 15 is 0 Å². The molecule has 2 aliphatic heterocycles. The van der Waals surface area contributed by atoms with Crippen LogP contribution >= 0.6 is 0 Å². The van der Waals surface area contributed by atoms with Gasteiger partial charge in [0.05, 0.1) is 19.8 Å². The molecule has 2 heterocycles. The van der Waals surface area contributed by atoms with Crippen LogP contribution < -0.4 is 0 Å². The average molecular weight is 577 g/mol. The van der Waals surface area contributed by atoms with Crippen molar-refractivity contribution in [2.24, 2.45) is 0 Å². The Kier molecular flexibility index (Phi) is 12.1. The zero-order chi connectivity index (χ0) is 29.1. The largest absolute Gasteiger partial charge is 0.394 e. The van der Waals surface area contributed by atoms with Gasteiger partial charge in [-0.1, -0.05) is 19.6 Å². The summed E-state index contributed by atoms with van der Waals surface area (Å²) in [5, 5.41) is 109. The molecule has 17 heteroatoms. The SMILES string of the molecule is C[Si](C)(C)C(=O)[C@H](O)[C@@H](O)[C@H](O)[C@H](O)CO[C@H]1O[C@H](CO[C@H]2O[C@H](CO)[C@@H](O)[C@H](O)[C@H]2O)[C@@H](O)[C@H](O)[C@H]1O. The number of rotatable bonds is 12. The molecule has 224 valence electrons. The maximum atomic E-state index is 12.2. The van der Waals surface area contributed by atoms with Crippen molar-refractivity contribution in [1.29, 1.82) is 0 Å². The van der Waals surface area contributed by atoms with Crippen molar-refractivity contribution >= 4 is 13.5 Å². The Morgan fingerprint density at radius 1 is 0.737 bits per heavy atom. The highest BCUT2D eigenvalue weighted by atomic mass is 28.3. The van der Waals surface area contributed by atoms with Crippen LogP contribution in [0.1, 0.15) is 0 Å². The van der Waals surface area contributed by atoms with Crippen LogP contribution in [-0.2, 0) is 23.7 Å². The zero-order valence-corrected chi connectivity index (χ0v) is 22.2. The summed E-state index contributed by atoms with van der Waals surface area (Å²) in [6.45, 7) is 2.74. The minimum Gasteiger partial charge on any atom is -0.394 e. The molecule has 2 saturated heterocycles. The van der Waals surface area contributed by atoms with Crippen molar-refractivity contribution in [1.82, 2.24) is 0 Å². The number of ether oxygens (including phenoxy) is 4. The molecular weight excluding hydrogens is 536 g/mol. The number of hydrogen-bond donors (Lipinski definition) is 11. The number of carbonyl (C=O) groups is 1. The topological polar surface area (TPSA) is 277 Å². The zero-order valence-electron chi connectivity index (χ0n) is 21.2. The molecular formula is C21H40O16Si. The highest BCUT2D eigenvalue weighted by Crippen LogP contribution is 2.26. The minimum absolute atomic E-state index is 0.609. The molecule has 2 rings (SSSR count). The lowest BCUT2D eigenvalue weighted by Crippen LogP contribution is -2.62. The van der Waals surface area contributed by atoms with Crippen LogP contribution in [0.4, 0.5) is 0 Å². The van der Waals surface area contributed by atoms with Gasteiger partial charge in [0.15, 0.2) is 12.6 Å². The predicted molar refractivity (Wildman–Crippen MR) is 125 cm³/mol. The van der Waals surface area contributed by atoms with Crippen molar-refractivity contribution in [3.8, 4) is 0 Å². The van der Waals surface area contributed by atoms with Crippen LogP contribution in [0.3, 0.4) is 0 Å². The summed E-state index contributed by atoms with van der Waals surface area (Å²) in [5.41, 5.74) is 0. The van der Waals surface area contributed by atoms with Gasteiger partial charge in [0.2, 0.25) is 0 Å². The summed E-state index contributed by atoms with van der Waals surface area (Å²) in [5.74, 6) is 0. The first-order valence-electron chi connectivity index (χ1n) is 12.0. The second kappa shape index (κ2) is 13.8. The van der Waals surface area contributed by atoms with E-state index in [0.29, 0.717) is 0 Å². The minimum atomic E-state index is -2.53. The maximum absolute atomic E-state index is 12.2. The fraction of sp³-hybridized carbons (Fsp3) is 0.952. The average Bonchev–Trinajstić information content (AvgIpc) is 2.87. The molecule has 0 saturated carbocycles. The molecule has 0 aromatic rings. The molecule has 14 atom stereocenters. The molecule has 0 aromatic carbocycles. The first-order chi connectivity index (χ1) is 17.5. The van der Waals surface area contributed by atoms with Gasteiger partial charge in [-0.05, 0) is 0 Å². The fourth-order valence-corrected chi connectivity index (χ4v) is 4.95.